The highest BCUT2D eigenvalue weighted by molar-refractivity contribution is 7.99. The van der Waals surface area contributed by atoms with Gasteiger partial charge < -0.3 is 19.0 Å². The number of oxazole rings is 1. The predicted molar refractivity (Wildman–Crippen MR) is 111 cm³/mol. The Morgan fingerprint density at radius 2 is 1.97 bits per heavy atom. The summed E-state index contributed by atoms with van der Waals surface area (Å²) in [6, 6.07) is 15.8. The van der Waals surface area contributed by atoms with Crippen LogP contribution in [0.4, 0.5) is 0 Å². The van der Waals surface area contributed by atoms with Crippen molar-refractivity contribution in [3.63, 3.8) is 0 Å². The molecule has 7 heteroatoms. The molecule has 0 saturated carbocycles. The SMILES string of the molecule is CCc1nc(-c2ccccc2Sc2ccc(OC3(CO)COC(C)=N3)cc2)co1. The van der Waals surface area contributed by atoms with Gasteiger partial charge in [-0.25, -0.2) is 9.98 Å². The van der Waals surface area contributed by atoms with Crippen LogP contribution in [0.25, 0.3) is 11.3 Å². The molecule has 3 aromatic rings. The summed E-state index contributed by atoms with van der Waals surface area (Å²) in [5, 5.41) is 9.67. The fourth-order valence-electron chi connectivity index (χ4n) is 3.02. The third-order valence-electron chi connectivity index (χ3n) is 4.49. The molecule has 0 bridgehead atoms. The number of aryl methyl sites for hydroxylation is 1. The van der Waals surface area contributed by atoms with E-state index in [1.54, 1.807) is 24.9 Å². The summed E-state index contributed by atoms with van der Waals surface area (Å²) in [6.07, 6.45) is 2.47. The van der Waals surface area contributed by atoms with Crippen LogP contribution >= 0.6 is 11.8 Å². The Kier molecular flexibility index (Phi) is 5.60. The van der Waals surface area contributed by atoms with Crippen molar-refractivity contribution < 1.29 is 19.0 Å². The second-order valence-corrected chi connectivity index (χ2v) is 7.79. The summed E-state index contributed by atoms with van der Waals surface area (Å²) in [7, 11) is 0. The Hall–Kier alpha value is -2.77. The molecule has 2 heterocycles. The van der Waals surface area contributed by atoms with E-state index in [0.29, 0.717) is 11.6 Å². The Morgan fingerprint density at radius 1 is 1.17 bits per heavy atom. The van der Waals surface area contributed by atoms with E-state index >= 15 is 0 Å². The van der Waals surface area contributed by atoms with Gasteiger partial charge in [0, 0.05) is 28.7 Å². The fraction of sp³-hybridized carbons (Fsp3) is 0.273. The lowest BCUT2D eigenvalue weighted by atomic mass is 10.2. The van der Waals surface area contributed by atoms with E-state index in [1.165, 1.54) is 0 Å². The first kappa shape index (κ1) is 19.5. The van der Waals surface area contributed by atoms with E-state index in [4.69, 9.17) is 13.9 Å². The Labute approximate surface area is 173 Å². The van der Waals surface area contributed by atoms with Gasteiger partial charge in [-0.1, -0.05) is 36.9 Å². The number of ether oxygens (including phenoxy) is 2. The van der Waals surface area contributed by atoms with Gasteiger partial charge >= 0.3 is 0 Å². The van der Waals surface area contributed by atoms with Gasteiger partial charge in [0.1, 0.15) is 24.3 Å². The molecule has 1 aliphatic rings. The highest BCUT2D eigenvalue weighted by Crippen LogP contribution is 2.36. The smallest absolute Gasteiger partial charge is 0.259 e. The molecule has 1 aliphatic heterocycles. The van der Waals surface area contributed by atoms with Crippen LogP contribution in [0.3, 0.4) is 0 Å². The van der Waals surface area contributed by atoms with Crippen LogP contribution in [0.1, 0.15) is 19.7 Å². The number of benzene rings is 2. The van der Waals surface area contributed by atoms with E-state index in [-0.39, 0.29) is 13.2 Å². The summed E-state index contributed by atoms with van der Waals surface area (Å²) in [5.41, 5.74) is 0.813. The molecule has 0 fully saturated rings. The van der Waals surface area contributed by atoms with Gasteiger partial charge in [-0.3, -0.25) is 0 Å². The number of aromatic nitrogens is 1. The zero-order valence-corrected chi connectivity index (χ0v) is 17.1. The van der Waals surface area contributed by atoms with Crippen molar-refractivity contribution in [3.05, 3.63) is 60.7 Å². The summed E-state index contributed by atoms with van der Waals surface area (Å²) in [6.45, 7) is 3.73. The van der Waals surface area contributed by atoms with E-state index in [1.807, 2.05) is 49.4 Å². The Morgan fingerprint density at radius 3 is 2.62 bits per heavy atom. The van der Waals surface area contributed by atoms with E-state index < -0.39 is 5.72 Å². The average molecular weight is 410 g/mol. The van der Waals surface area contributed by atoms with Crippen molar-refractivity contribution in [2.75, 3.05) is 13.2 Å². The summed E-state index contributed by atoms with van der Waals surface area (Å²) in [5.74, 6) is 1.87. The molecule has 1 atom stereocenters. The van der Waals surface area contributed by atoms with Crippen LogP contribution in [0.5, 0.6) is 5.75 Å². The zero-order valence-electron chi connectivity index (χ0n) is 16.3. The number of nitrogens with zero attached hydrogens (tertiary/aromatic N) is 2. The minimum absolute atomic E-state index is 0.205. The molecule has 0 amide bonds. The van der Waals surface area contributed by atoms with Crippen molar-refractivity contribution in [1.82, 2.24) is 4.98 Å². The average Bonchev–Trinajstić information content (AvgIpc) is 3.37. The highest BCUT2D eigenvalue weighted by Gasteiger charge is 2.37. The van der Waals surface area contributed by atoms with Crippen molar-refractivity contribution >= 4 is 17.7 Å². The molecular weight excluding hydrogens is 388 g/mol. The molecule has 4 rings (SSSR count). The Balaban J connectivity index is 1.51. The van der Waals surface area contributed by atoms with Gasteiger partial charge in [0.05, 0.1) is 0 Å². The second-order valence-electron chi connectivity index (χ2n) is 6.68. The third-order valence-corrected chi connectivity index (χ3v) is 5.58. The first-order valence-corrected chi connectivity index (χ1v) is 10.2. The van der Waals surface area contributed by atoms with Gasteiger partial charge in [-0.05, 0) is 30.3 Å². The van der Waals surface area contributed by atoms with Crippen LogP contribution < -0.4 is 4.74 Å². The van der Waals surface area contributed by atoms with Gasteiger partial charge in [0.2, 0.25) is 0 Å². The molecule has 1 aromatic heterocycles. The summed E-state index contributed by atoms with van der Waals surface area (Å²) < 4.78 is 16.8. The maximum atomic E-state index is 9.67. The molecule has 1 unspecified atom stereocenters. The lowest BCUT2D eigenvalue weighted by Gasteiger charge is -2.23. The normalized spacial score (nSPS) is 18.4. The van der Waals surface area contributed by atoms with Crippen molar-refractivity contribution in [3.8, 4) is 17.0 Å². The lowest BCUT2D eigenvalue weighted by Crippen LogP contribution is -2.39. The molecule has 6 nitrogen and oxygen atoms in total. The van der Waals surface area contributed by atoms with E-state index in [9.17, 15) is 5.11 Å². The van der Waals surface area contributed by atoms with Crippen LogP contribution in [-0.4, -0.2) is 34.9 Å². The van der Waals surface area contributed by atoms with Crippen molar-refractivity contribution in [2.24, 2.45) is 4.99 Å². The van der Waals surface area contributed by atoms with Gasteiger partial charge in [0.25, 0.3) is 5.72 Å². The number of aliphatic hydroxyl groups is 1. The molecule has 2 aromatic carbocycles. The summed E-state index contributed by atoms with van der Waals surface area (Å²) >= 11 is 1.64. The van der Waals surface area contributed by atoms with Crippen LogP contribution in [0.2, 0.25) is 0 Å². The molecule has 150 valence electrons. The molecule has 0 radical (unpaired) electrons. The van der Waals surface area contributed by atoms with Gasteiger partial charge in [0.15, 0.2) is 18.4 Å². The zero-order chi connectivity index (χ0) is 20.3. The predicted octanol–water partition coefficient (Wildman–Crippen LogP) is 4.57. The van der Waals surface area contributed by atoms with E-state index in [0.717, 1.165) is 33.4 Å². The number of aliphatic imine (C=N–C) groups is 1. The quantitative estimate of drug-likeness (QED) is 0.615. The first-order chi connectivity index (χ1) is 14.1. The standard InChI is InChI=1S/C22H22N2O4S/c1-3-21-23-19(12-26-21)18-6-4-5-7-20(18)29-17-10-8-16(9-11-17)28-22(13-25)14-27-15(2)24-22/h4-12,25H,3,13-14H2,1-2H3. The molecule has 1 N–H and O–H groups in total. The number of hydrogen-bond donors (Lipinski definition) is 1. The van der Waals surface area contributed by atoms with Gasteiger partial charge in [-0.15, -0.1) is 0 Å². The number of hydrogen-bond acceptors (Lipinski definition) is 7. The number of aliphatic hydroxyl groups excluding tert-OH is 1. The second kappa shape index (κ2) is 8.31. The lowest BCUT2D eigenvalue weighted by molar-refractivity contribution is -0.00264. The molecular formula is C22H22N2O4S. The van der Waals surface area contributed by atoms with Crippen molar-refractivity contribution in [1.29, 1.82) is 0 Å². The number of rotatable bonds is 7. The maximum absolute atomic E-state index is 9.67. The minimum Gasteiger partial charge on any atom is -0.475 e. The fourth-order valence-corrected chi connectivity index (χ4v) is 3.98. The van der Waals surface area contributed by atoms with Crippen molar-refractivity contribution in [2.45, 2.75) is 35.8 Å². The largest absolute Gasteiger partial charge is 0.475 e. The van der Waals surface area contributed by atoms with Crippen LogP contribution in [0.15, 0.2) is 74.0 Å². The molecule has 0 spiro atoms. The first-order valence-electron chi connectivity index (χ1n) is 9.41. The maximum Gasteiger partial charge on any atom is 0.259 e. The van der Waals surface area contributed by atoms with Gasteiger partial charge in [-0.2, -0.15) is 0 Å². The minimum atomic E-state index is -1.06. The highest BCUT2D eigenvalue weighted by atomic mass is 32.2. The topological polar surface area (TPSA) is 77.1 Å². The third kappa shape index (κ3) is 4.31. The monoisotopic (exact) mass is 410 g/mol. The van der Waals surface area contributed by atoms with Crippen LogP contribution in [-0.2, 0) is 11.2 Å². The summed E-state index contributed by atoms with van der Waals surface area (Å²) in [4.78, 5) is 11.0. The molecule has 0 saturated heterocycles. The Bertz CT molecular complexity index is 1020. The molecule has 0 aliphatic carbocycles. The molecule has 29 heavy (non-hydrogen) atoms. The van der Waals surface area contributed by atoms with Crippen LogP contribution in [0, 0.1) is 0 Å². The van der Waals surface area contributed by atoms with E-state index in [2.05, 4.69) is 16.0 Å².